The molecule has 1 aliphatic rings. The number of carbonyl (C=O) groups is 1. The van der Waals surface area contributed by atoms with Crippen LogP contribution in [-0.4, -0.2) is 51.6 Å². The van der Waals surface area contributed by atoms with Gasteiger partial charge in [-0.2, -0.15) is 4.31 Å². The second-order valence-electron chi connectivity index (χ2n) is 6.38. The monoisotopic (exact) mass is 441 g/mol. The molecule has 0 unspecified atom stereocenters. The standard InChI is InChI=1S/C19H21ClFN3O4S/c20-16-6-5-15(29(26,27)24-9-11-28-12-10-24)13-18(16)23-19(25)22-8-7-14-3-1-2-4-17(14)21/h1-6,13H,7-12H2,(H2,22,23,25). The fourth-order valence-electron chi connectivity index (χ4n) is 2.88. The molecule has 3 rings (SSSR count). The molecule has 0 spiro atoms. The number of carbonyl (C=O) groups excluding carboxylic acids is 1. The molecule has 7 nitrogen and oxygen atoms in total. The van der Waals surface area contributed by atoms with Crippen molar-refractivity contribution in [3.05, 3.63) is 58.9 Å². The zero-order valence-corrected chi connectivity index (χ0v) is 17.1. The Kier molecular flexibility index (Phi) is 7.07. The number of morpholine rings is 1. The summed E-state index contributed by atoms with van der Waals surface area (Å²) in [5.41, 5.74) is 0.661. The number of ether oxygens (including phenoxy) is 1. The first-order valence-corrected chi connectivity index (χ1v) is 10.9. The molecule has 2 aromatic rings. The Hall–Kier alpha value is -2.20. The van der Waals surface area contributed by atoms with Gasteiger partial charge < -0.3 is 15.4 Å². The van der Waals surface area contributed by atoms with E-state index in [2.05, 4.69) is 10.6 Å². The number of benzene rings is 2. The minimum absolute atomic E-state index is 0.0328. The Morgan fingerprint density at radius 1 is 1.17 bits per heavy atom. The van der Waals surface area contributed by atoms with Crippen LogP contribution in [-0.2, 0) is 21.2 Å². The average Bonchev–Trinajstić information content (AvgIpc) is 2.71. The van der Waals surface area contributed by atoms with Crippen molar-refractivity contribution in [2.45, 2.75) is 11.3 Å². The first-order valence-electron chi connectivity index (χ1n) is 9.03. The highest BCUT2D eigenvalue weighted by molar-refractivity contribution is 7.89. The van der Waals surface area contributed by atoms with Gasteiger partial charge in [0.15, 0.2) is 0 Å². The predicted molar refractivity (Wildman–Crippen MR) is 108 cm³/mol. The van der Waals surface area contributed by atoms with Gasteiger partial charge in [-0.15, -0.1) is 0 Å². The van der Waals surface area contributed by atoms with Gasteiger partial charge in [-0.1, -0.05) is 29.8 Å². The third kappa shape index (κ3) is 5.45. The molecule has 1 aliphatic heterocycles. The van der Waals surface area contributed by atoms with E-state index in [0.717, 1.165) is 0 Å². The van der Waals surface area contributed by atoms with Crippen molar-refractivity contribution in [1.82, 2.24) is 9.62 Å². The summed E-state index contributed by atoms with van der Waals surface area (Å²) in [6.45, 7) is 1.41. The topological polar surface area (TPSA) is 87.7 Å². The van der Waals surface area contributed by atoms with Crippen LogP contribution in [0.15, 0.2) is 47.4 Å². The summed E-state index contributed by atoms with van der Waals surface area (Å²) in [6.07, 6.45) is 0.319. The van der Waals surface area contributed by atoms with Crippen LogP contribution in [0, 0.1) is 5.82 Å². The van der Waals surface area contributed by atoms with Crippen molar-refractivity contribution in [3.8, 4) is 0 Å². The van der Waals surface area contributed by atoms with Crippen LogP contribution in [0.4, 0.5) is 14.9 Å². The van der Waals surface area contributed by atoms with Crippen molar-refractivity contribution in [1.29, 1.82) is 0 Å². The highest BCUT2D eigenvalue weighted by Crippen LogP contribution is 2.27. The normalized spacial score (nSPS) is 15.1. The SMILES string of the molecule is O=C(NCCc1ccccc1F)Nc1cc(S(=O)(=O)N2CCOCC2)ccc1Cl. The fourth-order valence-corrected chi connectivity index (χ4v) is 4.47. The molecule has 0 bridgehead atoms. The van der Waals surface area contributed by atoms with Gasteiger partial charge >= 0.3 is 6.03 Å². The van der Waals surface area contributed by atoms with E-state index in [1.54, 1.807) is 18.2 Å². The molecule has 0 aromatic heterocycles. The molecule has 0 aliphatic carbocycles. The summed E-state index contributed by atoms with van der Waals surface area (Å²) < 4.78 is 45.6. The van der Waals surface area contributed by atoms with Crippen LogP contribution in [0.25, 0.3) is 0 Å². The molecule has 2 amide bonds. The zero-order valence-electron chi connectivity index (χ0n) is 15.5. The predicted octanol–water partition coefficient (Wildman–Crippen LogP) is 2.86. The lowest BCUT2D eigenvalue weighted by molar-refractivity contribution is 0.0730. The first-order chi connectivity index (χ1) is 13.9. The van der Waals surface area contributed by atoms with Gasteiger partial charge in [0.1, 0.15) is 5.82 Å². The molecule has 1 saturated heterocycles. The van der Waals surface area contributed by atoms with Crippen LogP contribution in [0.1, 0.15) is 5.56 Å². The number of amides is 2. The fraction of sp³-hybridized carbons (Fsp3) is 0.316. The van der Waals surface area contributed by atoms with Crippen LogP contribution in [0.3, 0.4) is 0 Å². The van der Waals surface area contributed by atoms with E-state index < -0.39 is 16.1 Å². The van der Waals surface area contributed by atoms with Crippen molar-refractivity contribution < 1.29 is 22.3 Å². The van der Waals surface area contributed by atoms with Gasteiger partial charge in [-0.05, 0) is 36.2 Å². The number of hydrogen-bond donors (Lipinski definition) is 2. The van der Waals surface area contributed by atoms with E-state index in [1.807, 2.05) is 0 Å². The Morgan fingerprint density at radius 2 is 1.90 bits per heavy atom. The van der Waals surface area contributed by atoms with E-state index in [1.165, 1.54) is 28.6 Å². The minimum Gasteiger partial charge on any atom is -0.379 e. The van der Waals surface area contributed by atoms with Gasteiger partial charge in [-0.3, -0.25) is 0 Å². The van der Waals surface area contributed by atoms with Gasteiger partial charge in [0.25, 0.3) is 0 Å². The summed E-state index contributed by atoms with van der Waals surface area (Å²) >= 11 is 6.11. The second kappa shape index (κ2) is 9.53. The van der Waals surface area contributed by atoms with E-state index in [-0.39, 0.29) is 41.1 Å². The molecule has 0 saturated carbocycles. The van der Waals surface area contributed by atoms with Crippen molar-refractivity contribution in [2.24, 2.45) is 0 Å². The largest absolute Gasteiger partial charge is 0.379 e. The summed E-state index contributed by atoms with van der Waals surface area (Å²) in [7, 11) is -3.71. The third-order valence-electron chi connectivity index (χ3n) is 4.43. The molecular formula is C19H21ClFN3O4S. The van der Waals surface area contributed by atoms with Crippen molar-refractivity contribution in [2.75, 3.05) is 38.2 Å². The maximum atomic E-state index is 13.6. The molecule has 10 heteroatoms. The minimum atomic E-state index is -3.71. The quantitative estimate of drug-likeness (QED) is 0.721. The molecule has 2 N–H and O–H groups in total. The highest BCUT2D eigenvalue weighted by atomic mass is 35.5. The Bertz CT molecular complexity index is 981. The van der Waals surface area contributed by atoms with Crippen molar-refractivity contribution >= 4 is 33.3 Å². The van der Waals surface area contributed by atoms with Crippen LogP contribution in [0.5, 0.6) is 0 Å². The maximum absolute atomic E-state index is 13.6. The highest BCUT2D eigenvalue weighted by Gasteiger charge is 2.27. The Morgan fingerprint density at radius 3 is 2.62 bits per heavy atom. The smallest absolute Gasteiger partial charge is 0.319 e. The Balaban J connectivity index is 1.63. The summed E-state index contributed by atoms with van der Waals surface area (Å²) in [5.74, 6) is -0.334. The molecule has 1 fully saturated rings. The third-order valence-corrected chi connectivity index (χ3v) is 6.66. The molecular weight excluding hydrogens is 421 g/mol. The maximum Gasteiger partial charge on any atom is 0.319 e. The van der Waals surface area contributed by atoms with E-state index in [9.17, 15) is 17.6 Å². The summed E-state index contributed by atoms with van der Waals surface area (Å²) in [6, 6.07) is 9.89. The van der Waals surface area contributed by atoms with Crippen molar-refractivity contribution in [3.63, 3.8) is 0 Å². The average molecular weight is 442 g/mol. The number of nitrogens with one attached hydrogen (secondary N) is 2. The van der Waals surface area contributed by atoms with E-state index >= 15 is 0 Å². The number of rotatable bonds is 6. The molecule has 29 heavy (non-hydrogen) atoms. The van der Waals surface area contributed by atoms with Gasteiger partial charge in [-0.25, -0.2) is 17.6 Å². The lowest BCUT2D eigenvalue weighted by Crippen LogP contribution is -2.40. The van der Waals surface area contributed by atoms with Crippen LogP contribution in [0.2, 0.25) is 5.02 Å². The van der Waals surface area contributed by atoms with E-state index in [4.69, 9.17) is 16.3 Å². The first kappa shape index (κ1) is 21.5. The molecule has 1 heterocycles. The van der Waals surface area contributed by atoms with E-state index in [0.29, 0.717) is 25.2 Å². The van der Waals surface area contributed by atoms with Crippen LogP contribution < -0.4 is 10.6 Å². The molecule has 156 valence electrons. The lowest BCUT2D eigenvalue weighted by atomic mass is 10.1. The number of nitrogens with zero attached hydrogens (tertiary/aromatic N) is 1. The van der Waals surface area contributed by atoms with Gasteiger partial charge in [0.2, 0.25) is 10.0 Å². The second-order valence-corrected chi connectivity index (χ2v) is 8.73. The number of hydrogen-bond acceptors (Lipinski definition) is 4. The molecule has 0 radical (unpaired) electrons. The van der Waals surface area contributed by atoms with Gasteiger partial charge in [0, 0.05) is 19.6 Å². The molecule has 2 aromatic carbocycles. The Labute approximate surface area is 173 Å². The number of sulfonamides is 1. The number of anilines is 1. The summed E-state index contributed by atoms with van der Waals surface area (Å²) in [5, 5.41) is 5.35. The number of urea groups is 1. The van der Waals surface area contributed by atoms with Gasteiger partial charge in [0.05, 0.1) is 28.8 Å². The summed E-state index contributed by atoms with van der Waals surface area (Å²) in [4.78, 5) is 12.2. The molecule has 0 atom stereocenters. The zero-order chi connectivity index (χ0) is 20.9. The van der Waals surface area contributed by atoms with Crippen LogP contribution >= 0.6 is 11.6 Å². The lowest BCUT2D eigenvalue weighted by Gasteiger charge is -2.26. The number of halogens is 2.